The van der Waals surface area contributed by atoms with Gasteiger partial charge in [0.15, 0.2) is 0 Å². The van der Waals surface area contributed by atoms with E-state index in [2.05, 4.69) is 4.72 Å². The Labute approximate surface area is 121 Å². The maximum Gasteiger partial charge on any atom is 0.240 e. The summed E-state index contributed by atoms with van der Waals surface area (Å²) in [6.07, 6.45) is -1.62. The van der Waals surface area contributed by atoms with Crippen LogP contribution in [-0.4, -0.2) is 51.1 Å². The third-order valence-electron chi connectivity index (χ3n) is 3.46. The smallest absolute Gasteiger partial charge is 0.240 e. The van der Waals surface area contributed by atoms with Crippen molar-refractivity contribution in [3.8, 4) is 0 Å². The predicted octanol–water partition coefficient (Wildman–Crippen LogP) is 0.145. The Morgan fingerprint density at radius 3 is 2.50 bits per heavy atom. The number of hydrogen-bond acceptors (Lipinski definition) is 5. The zero-order valence-electron chi connectivity index (χ0n) is 10.4. The van der Waals surface area contributed by atoms with Crippen molar-refractivity contribution in [2.45, 2.75) is 29.2 Å². The van der Waals surface area contributed by atoms with Gasteiger partial charge in [-0.2, -0.15) is 0 Å². The van der Waals surface area contributed by atoms with Crippen molar-refractivity contribution in [3.63, 3.8) is 0 Å². The average molecular weight is 320 g/mol. The number of rotatable bonds is 3. The molecule has 0 radical (unpaired) electrons. The fraction of sp³-hybridized carbons (Fsp3) is 0.500. The van der Waals surface area contributed by atoms with Crippen LogP contribution in [0.3, 0.4) is 0 Å². The van der Waals surface area contributed by atoms with Gasteiger partial charge in [-0.1, -0.05) is 11.6 Å². The number of sulfonamides is 1. The van der Waals surface area contributed by atoms with Gasteiger partial charge in [-0.3, -0.25) is 0 Å². The maximum atomic E-state index is 12.2. The first-order valence-corrected chi connectivity index (χ1v) is 8.03. The fourth-order valence-corrected chi connectivity index (χ4v) is 3.82. The van der Waals surface area contributed by atoms with Gasteiger partial charge in [-0.15, -0.1) is 0 Å². The van der Waals surface area contributed by atoms with Crippen LogP contribution in [0.4, 0.5) is 0 Å². The molecule has 2 fully saturated rings. The summed E-state index contributed by atoms with van der Waals surface area (Å²) in [7, 11) is -3.67. The number of aliphatic hydroxyl groups excluding tert-OH is 1. The summed E-state index contributed by atoms with van der Waals surface area (Å²) in [6.45, 7) is 0.341. The van der Waals surface area contributed by atoms with E-state index in [1.165, 1.54) is 24.3 Å². The minimum Gasteiger partial charge on any atom is -0.388 e. The fourth-order valence-electron chi connectivity index (χ4n) is 2.46. The lowest BCUT2D eigenvalue weighted by atomic mass is 10.1. The lowest BCUT2D eigenvalue weighted by molar-refractivity contribution is 0.0181. The van der Waals surface area contributed by atoms with Crippen LogP contribution < -0.4 is 4.72 Å². The minimum atomic E-state index is -3.67. The second-order valence-corrected chi connectivity index (χ2v) is 7.00. The van der Waals surface area contributed by atoms with Crippen molar-refractivity contribution in [2.75, 3.05) is 13.2 Å². The van der Waals surface area contributed by atoms with Crippen LogP contribution in [0.25, 0.3) is 0 Å². The standard InChI is InChI=1S/C12H14ClNO5S/c13-7-1-3-8(4-2-7)20(16,17)14-9-5-18-12-10(15)6-19-11(9)12/h1-4,9-12,14-15H,5-6H2. The highest BCUT2D eigenvalue weighted by molar-refractivity contribution is 7.89. The zero-order valence-corrected chi connectivity index (χ0v) is 12.0. The van der Waals surface area contributed by atoms with Crippen LogP contribution in [-0.2, 0) is 19.5 Å². The van der Waals surface area contributed by atoms with E-state index >= 15 is 0 Å². The number of nitrogens with one attached hydrogen (secondary N) is 1. The lowest BCUT2D eigenvalue weighted by Crippen LogP contribution is -2.44. The number of ether oxygens (including phenoxy) is 2. The molecule has 0 aromatic heterocycles. The normalized spacial score (nSPS) is 33.3. The van der Waals surface area contributed by atoms with Crippen molar-refractivity contribution >= 4 is 21.6 Å². The predicted molar refractivity (Wildman–Crippen MR) is 71.0 cm³/mol. The second kappa shape index (κ2) is 5.25. The molecule has 1 aromatic carbocycles. The van der Waals surface area contributed by atoms with Gasteiger partial charge in [0.1, 0.15) is 18.3 Å². The van der Waals surface area contributed by atoms with Crippen molar-refractivity contribution in [3.05, 3.63) is 29.3 Å². The van der Waals surface area contributed by atoms with Crippen molar-refractivity contribution in [1.29, 1.82) is 0 Å². The Balaban J connectivity index is 1.76. The first-order valence-electron chi connectivity index (χ1n) is 6.16. The average Bonchev–Trinajstić information content (AvgIpc) is 2.95. The lowest BCUT2D eigenvalue weighted by Gasteiger charge is -2.17. The molecule has 3 rings (SSSR count). The molecule has 2 heterocycles. The van der Waals surface area contributed by atoms with Gasteiger partial charge < -0.3 is 14.6 Å². The molecule has 1 aromatic rings. The van der Waals surface area contributed by atoms with Crippen LogP contribution in [0.2, 0.25) is 5.02 Å². The Morgan fingerprint density at radius 2 is 1.80 bits per heavy atom. The first kappa shape index (κ1) is 14.2. The highest BCUT2D eigenvalue weighted by Gasteiger charge is 2.48. The number of hydrogen-bond donors (Lipinski definition) is 2. The summed E-state index contributed by atoms with van der Waals surface area (Å²) in [5.41, 5.74) is 0. The van der Waals surface area contributed by atoms with Gasteiger partial charge in [0.05, 0.1) is 24.2 Å². The van der Waals surface area contributed by atoms with E-state index in [0.717, 1.165) is 0 Å². The molecule has 20 heavy (non-hydrogen) atoms. The molecule has 0 aliphatic carbocycles. The third kappa shape index (κ3) is 2.57. The molecule has 6 nitrogen and oxygen atoms in total. The number of halogens is 1. The van der Waals surface area contributed by atoms with Crippen LogP contribution in [0.15, 0.2) is 29.2 Å². The Kier molecular flexibility index (Phi) is 3.74. The Hall–Kier alpha value is -0.700. The zero-order chi connectivity index (χ0) is 14.3. The second-order valence-electron chi connectivity index (χ2n) is 4.84. The number of fused-ring (bicyclic) bond motifs is 1. The minimum absolute atomic E-state index is 0.129. The monoisotopic (exact) mass is 319 g/mol. The summed E-state index contributed by atoms with van der Waals surface area (Å²) in [6, 6.07) is 5.39. The van der Waals surface area contributed by atoms with Crippen LogP contribution in [0.5, 0.6) is 0 Å². The molecule has 0 bridgehead atoms. The highest BCUT2D eigenvalue weighted by Crippen LogP contribution is 2.28. The maximum absolute atomic E-state index is 12.2. The molecule has 110 valence electrons. The summed E-state index contributed by atoms with van der Waals surface area (Å²) < 4.78 is 37.8. The van der Waals surface area contributed by atoms with Gasteiger partial charge in [0.25, 0.3) is 0 Å². The van der Waals surface area contributed by atoms with Crippen LogP contribution in [0, 0.1) is 0 Å². The topological polar surface area (TPSA) is 84.9 Å². The van der Waals surface area contributed by atoms with E-state index in [0.29, 0.717) is 5.02 Å². The largest absolute Gasteiger partial charge is 0.388 e. The molecule has 2 N–H and O–H groups in total. The molecule has 0 spiro atoms. The van der Waals surface area contributed by atoms with E-state index in [-0.39, 0.29) is 18.1 Å². The molecular formula is C12H14ClNO5S. The molecule has 4 unspecified atom stereocenters. The van der Waals surface area contributed by atoms with Gasteiger partial charge >= 0.3 is 0 Å². The molecule has 8 heteroatoms. The van der Waals surface area contributed by atoms with Gasteiger partial charge in [0.2, 0.25) is 10.0 Å². The summed E-state index contributed by atoms with van der Waals surface area (Å²) in [5, 5.41) is 10.1. The molecule has 2 saturated heterocycles. The van der Waals surface area contributed by atoms with E-state index in [4.69, 9.17) is 21.1 Å². The molecule has 2 aliphatic rings. The number of benzene rings is 1. The van der Waals surface area contributed by atoms with Gasteiger partial charge in [-0.25, -0.2) is 13.1 Å². The SMILES string of the molecule is O=S(=O)(NC1COC2C(O)COC12)c1ccc(Cl)cc1. The quantitative estimate of drug-likeness (QED) is 0.828. The van der Waals surface area contributed by atoms with Crippen molar-refractivity contribution < 1.29 is 23.0 Å². The molecule has 0 saturated carbocycles. The van der Waals surface area contributed by atoms with Crippen molar-refractivity contribution in [1.82, 2.24) is 4.72 Å². The van der Waals surface area contributed by atoms with Crippen LogP contribution in [0.1, 0.15) is 0 Å². The van der Waals surface area contributed by atoms with E-state index in [1.807, 2.05) is 0 Å². The Bertz CT molecular complexity index is 590. The highest BCUT2D eigenvalue weighted by atomic mass is 35.5. The first-order chi connectivity index (χ1) is 9.47. The van der Waals surface area contributed by atoms with E-state index in [1.54, 1.807) is 0 Å². The number of aliphatic hydroxyl groups is 1. The molecule has 0 amide bonds. The summed E-state index contributed by atoms with van der Waals surface area (Å²) in [5.74, 6) is 0. The van der Waals surface area contributed by atoms with Gasteiger partial charge in [-0.05, 0) is 24.3 Å². The van der Waals surface area contributed by atoms with E-state index in [9.17, 15) is 13.5 Å². The third-order valence-corrected chi connectivity index (χ3v) is 5.22. The molecule has 4 atom stereocenters. The van der Waals surface area contributed by atoms with Gasteiger partial charge in [0, 0.05) is 5.02 Å². The Morgan fingerprint density at radius 1 is 1.15 bits per heavy atom. The van der Waals surface area contributed by atoms with Crippen molar-refractivity contribution in [2.24, 2.45) is 0 Å². The molecule has 2 aliphatic heterocycles. The molecular weight excluding hydrogens is 306 g/mol. The van der Waals surface area contributed by atoms with E-state index < -0.39 is 34.4 Å². The van der Waals surface area contributed by atoms with Crippen LogP contribution >= 0.6 is 11.6 Å². The summed E-state index contributed by atoms with van der Waals surface area (Å²) in [4.78, 5) is 0.129. The summed E-state index contributed by atoms with van der Waals surface area (Å²) >= 11 is 5.74.